The van der Waals surface area contributed by atoms with Gasteiger partial charge < -0.3 is 4.98 Å². The fraction of sp³-hybridized carbons (Fsp3) is 0.130. The van der Waals surface area contributed by atoms with Crippen LogP contribution < -0.4 is 0 Å². The van der Waals surface area contributed by atoms with Gasteiger partial charge in [-0.1, -0.05) is 61.7 Å². The van der Waals surface area contributed by atoms with E-state index in [9.17, 15) is 0 Å². The highest BCUT2D eigenvalue weighted by molar-refractivity contribution is 7.20. The van der Waals surface area contributed by atoms with E-state index < -0.39 is 0 Å². The van der Waals surface area contributed by atoms with Crippen molar-refractivity contribution >= 4 is 54.0 Å². The number of rotatable bonds is 2. The molecule has 0 saturated heterocycles. The van der Waals surface area contributed by atoms with Crippen LogP contribution in [0.4, 0.5) is 0 Å². The van der Waals surface area contributed by atoms with Crippen molar-refractivity contribution in [2.24, 2.45) is 0 Å². The molecule has 2 heteroatoms. The average Bonchev–Trinajstić information content (AvgIpc) is 3.20. The molecule has 120 valence electrons. The van der Waals surface area contributed by atoms with E-state index in [1.165, 1.54) is 47.5 Å². The number of aryl methyl sites for hydroxylation is 1. The molecule has 0 aliphatic heterocycles. The van der Waals surface area contributed by atoms with E-state index in [0.29, 0.717) is 0 Å². The van der Waals surface area contributed by atoms with Crippen molar-refractivity contribution in [2.45, 2.75) is 19.8 Å². The van der Waals surface area contributed by atoms with Crippen LogP contribution in [0.1, 0.15) is 23.8 Å². The molecule has 2 aromatic heterocycles. The molecule has 0 spiro atoms. The monoisotopic (exact) mass is 339 g/mol. The van der Waals surface area contributed by atoms with Crippen LogP contribution >= 0.6 is 11.3 Å². The van der Waals surface area contributed by atoms with Gasteiger partial charge in [0.2, 0.25) is 0 Å². The number of benzene rings is 3. The van der Waals surface area contributed by atoms with Gasteiger partial charge in [0.1, 0.15) is 0 Å². The van der Waals surface area contributed by atoms with E-state index in [4.69, 9.17) is 6.42 Å². The molecule has 0 fully saturated rings. The van der Waals surface area contributed by atoms with Gasteiger partial charge in [-0.3, -0.25) is 0 Å². The molecule has 0 unspecified atom stereocenters. The zero-order chi connectivity index (χ0) is 17.0. The number of terminal acetylenes is 1. The van der Waals surface area contributed by atoms with E-state index in [0.717, 1.165) is 18.4 Å². The molecule has 0 amide bonds. The van der Waals surface area contributed by atoms with Gasteiger partial charge in [-0.2, -0.15) is 0 Å². The Balaban J connectivity index is 2.15. The molecule has 0 aliphatic carbocycles. The van der Waals surface area contributed by atoms with E-state index in [1.54, 1.807) is 0 Å². The minimum Gasteiger partial charge on any atom is -0.354 e. The summed E-state index contributed by atoms with van der Waals surface area (Å²) < 4.78 is 1.31. The third-order valence-corrected chi connectivity index (χ3v) is 6.28. The molecule has 5 rings (SSSR count). The van der Waals surface area contributed by atoms with Crippen molar-refractivity contribution < 1.29 is 0 Å². The first kappa shape index (κ1) is 14.6. The predicted molar refractivity (Wildman–Crippen MR) is 111 cm³/mol. The minimum atomic E-state index is 1.04. The number of hydrogen-bond donors (Lipinski definition) is 1. The lowest BCUT2D eigenvalue weighted by molar-refractivity contribution is 0.938. The summed E-state index contributed by atoms with van der Waals surface area (Å²) in [6.07, 6.45) is 8.11. The second-order valence-corrected chi connectivity index (χ2v) is 7.57. The van der Waals surface area contributed by atoms with Gasteiger partial charge in [0.25, 0.3) is 0 Å². The van der Waals surface area contributed by atoms with Gasteiger partial charge in [0.05, 0.1) is 5.52 Å². The quantitative estimate of drug-likeness (QED) is 0.348. The topological polar surface area (TPSA) is 15.8 Å². The standard InChI is InChI=1S/C23H17NS/c1-3-9-19-14(4-2)21-22-20(17-12-7-8-13-18(17)24-22)15-10-5-6-11-16(15)23(21)25-19/h2,5-8,10-13,24H,3,9H2,1H3. The molecule has 0 saturated carbocycles. The van der Waals surface area contributed by atoms with Crippen molar-refractivity contribution in [2.75, 3.05) is 0 Å². The molecule has 25 heavy (non-hydrogen) atoms. The van der Waals surface area contributed by atoms with Crippen molar-refractivity contribution in [1.29, 1.82) is 0 Å². The van der Waals surface area contributed by atoms with Crippen LogP contribution in [0.15, 0.2) is 48.5 Å². The van der Waals surface area contributed by atoms with Crippen LogP contribution in [-0.2, 0) is 6.42 Å². The first-order valence-corrected chi connectivity index (χ1v) is 9.48. The Morgan fingerprint density at radius 2 is 1.68 bits per heavy atom. The summed E-state index contributed by atoms with van der Waals surface area (Å²) in [5, 5.41) is 6.38. The van der Waals surface area contributed by atoms with E-state index in [-0.39, 0.29) is 0 Å². The molecular formula is C23H17NS. The number of nitrogens with one attached hydrogen (secondary N) is 1. The molecule has 0 aliphatic rings. The van der Waals surface area contributed by atoms with Gasteiger partial charge in [0, 0.05) is 42.2 Å². The number of para-hydroxylation sites is 1. The SMILES string of the molecule is C#Cc1c(CCC)sc2c3ccccc3c3c4ccccc4[nH]c3c12. The lowest BCUT2D eigenvalue weighted by Gasteiger charge is -2.04. The maximum atomic E-state index is 5.96. The maximum Gasteiger partial charge on any atom is 0.0572 e. The summed E-state index contributed by atoms with van der Waals surface area (Å²) in [6, 6.07) is 17.2. The second-order valence-electron chi connectivity index (χ2n) is 6.46. The number of fused-ring (bicyclic) bond motifs is 8. The fourth-order valence-corrected chi connectivity index (χ4v) is 5.38. The molecule has 0 bridgehead atoms. The Bertz CT molecular complexity index is 1310. The molecule has 0 radical (unpaired) electrons. The molecule has 1 N–H and O–H groups in total. The summed E-state index contributed by atoms with van der Waals surface area (Å²) in [6.45, 7) is 2.21. The Morgan fingerprint density at radius 3 is 2.44 bits per heavy atom. The van der Waals surface area contributed by atoms with Crippen LogP contribution in [0, 0.1) is 12.3 Å². The van der Waals surface area contributed by atoms with Crippen molar-refractivity contribution in [3.63, 3.8) is 0 Å². The fourth-order valence-electron chi connectivity index (χ4n) is 3.97. The van der Waals surface area contributed by atoms with Gasteiger partial charge in [-0.05, 0) is 17.9 Å². The van der Waals surface area contributed by atoms with Crippen LogP contribution in [0.25, 0.3) is 42.7 Å². The Morgan fingerprint density at radius 1 is 0.960 bits per heavy atom. The van der Waals surface area contributed by atoms with E-state index in [2.05, 4.69) is 66.4 Å². The second kappa shape index (κ2) is 5.37. The highest BCUT2D eigenvalue weighted by Crippen LogP contribution is 2.44. The third kappa shape index (κ3) is 1.91. The van der Waals surface area contributed by atoms with Crippen molar-refractivity contribution in [3.05, 3.63) is 59.0 Å². The van der Waals surface area contributed by atoms with E-state index >= 15 is 0 Å². The van der Waals surface area contributed by atoms with Crippen molar-refractivity contribution in [1.82, 2.24) is 4.98 Å². The summed E-state index contributed by atoms with van der Waals surface area (Å²) in [7, 11) is 0. The Labute approximate surface area is 150 Å². The number of thiophene rings is 1. The minimum absolute atomic E-state index is 1.04. The molecule has 1 nitrogen and oxygen atoms in total. The van der Waals surface area contributed by atoms with Gasteiger partial charge in [-0.25, -0.2) is 0 Å². The van der Waals surface area contributed by atoms with Crippen molar-refractivity contribution in [3.8, 4) is 12.3 Å². The smallest absolute Gasteiger partial charge is 0.0572 e. The van der Waals surface area contributed by atoms with Gasteiger partial charge in [-0.15, -0.1) is 17.8 Å². The molecule has 3 aromatic carbocycles. The first-order chi connectivity index (χ1) is 12.3. The lowest BCUT2D eigenvalue weighted by atomic mass is 9.99. The first-order valence-electron chi connectivity index (χ1n) is 8.66. The number of aromatic nitrogens is 1. The lowest BCUT2D eigenvalue weighted by Crippen LogP contribution is -1.83. The van der Waals surface area contributed by atoms with Gasteiger partial charge in [0.15, 0.2) is 0 Å². The Kier molecular flexibility index (Phi) is 3.13. The third-order valence-electron chi connectivity index (χ3n) is 5.00. The van der Waals surface area contributed by atoms with Gasteiger partial charge >= 0.3 is 0 Å². The van der Waals surface area contributed by atoms with Crippen LogP contribution in [0.2, 0.25) is 0 Å². The molecular weight excluding hydrogens is 322 g/mol. The summed E-state index contributed by atoms with van der Waals surface area (Å²) >= 11 is 1.86. The summed E-state index contributed by atoms with van der Waals surface area (Å²) in [4.78, 5) is 4.98. The number of H-pyrrole nitrogens is 1. The number of hydrogen-bond acceptors (Lipinski definition) is 1. The maximum absolute atomic E-state index is 5.96. The normalized spacial score (nSPS) is 11.7. The number of aromatic amines is 1. The highest BCUT2D eigenvalue weighted by Gasteiger charge is 2.19. The summed E-state index contributed by atoms with van der Waals surface area (Å²) in [5.74, 6) is 2.99. The summed E-state index contributed by atoms with van der Waals surface area (Å²) in [5.41, 5.74) is 3.42. The average molecular weight is 339 g/mol. The predicted octanol–water partition coefficient (Wildman–Crippen LogP) is 6.62. The molecule has 2 heterocycles. The molecule has 0 atom stereocenters. The molecule has 5 aromatic rings. The zero-order valence-electron chi connectivity index (χ0n) is 14.0. The van der Waals surface area contributed by atoms with E-state index in [1.807, 2.05) is 11.3 Å². The van der Waals surface area contributed by atoms with Crippen LogP contribution in [-0.4, -0.2) is 4.98 Å². The van der Waals surface area contributed by atoms with Crippen LogP contribution in [0.5, 0.6) is 0 Å². The highest BCUT2D eigenvalue weighted by atomic mass is 32.1. The zero-order valence-corrected chi connectivity index (χ0v) is 14.8. The Hall–Kier alpha value is -2.76. The van der Waals surface area contributed by atoms with Crippen LogP contribution in [0.3, 0.4) is 0 Å². The largest absolute Gasteiger partial charge is 0.354 e.